The number of nitrogens with one attached hydrogen (secondary N) is 1. The largest absolute Gasteiger partial charge is 0.439 e. The Morgan fingerprint density at radius 1 is 0.571 bits per heavy atom. The zero-order chi connectivity index (χ0) is 27.6. The average Bonchev–Trinajstić information content (AvgIpc) is 3.71. The van der Waals surface area contributed by atoms with Crippen LogP contribution in [-0.2, 0) is 0 Å². The Hall–Kier alpha value is -5.32. The van der Waals surface area contributed by atoms with E-state index in [0.717, 1.165) is 44.6 Å². The van der Waals surface area contributed by atoms with E-state index in [2.05, 4.69) is 131 Å². The van der Waals surface area contributed by atoms with E-state index in [0.29, 0.717) is 0 Å². The number of hydrogen-bond acceptors (Lipinski definition) is 3. The van der Waals surface area contributed by atoms with Crippen LogP contribution in [0.4, 0.5) is 11.4 Å². The highest BCUT2D eigenvalue weighted by atomic mass is 32.1. The van der Waals surface area contributed by atoms with Crippen molar-refractivity contribution in [1.29, 1.82) is 0 Å². The average molecular weight is 557 g/mol. The van der Waals surface area contributed by atoms with Gasteiger partial charge in [-0.2, -0.15) is 0 Å². The number of benzene rings is 6. The monoisotopic (exact) mass is 556 g/mol. The van der Waals surface area contributed by atoms with Crippen LogP contribution in [0.5, 0.6) is 0 Å². The maximum atomic E-state index is 6.45. The molecule has 0 aliphatic rings. The minimum atomic E-state index is 0.879. The molecule has 9 aromatic rings. The maximum absolute atomic E-state index is 6.45. The van der Waals surface area contributed by atoms with Gasteiger partial charge in [0.1, 0.15) is 5.58 Å². The molecule has 0 atom stereocenters. The van der Waals surface area contributed by atoms with Crippen LogP contribution in [0.3, 0.4) is 0 Å². The van der Waals surface area contributed by atoms with Crippen LogP contribution < -0.4 is 5.32 Å². The molecule has 0 unspecified atom stereocenters. The first-order valence-electron chi connectivity index (χ1n) is 14.1. The summed E-state index contributed by atoms with van der Waals surface area (Å²) in [4.78, 5) is 0. The molecule has 0 spiro atoms. The third-order valence-electron chi connectivity index (χ3n) is 8.20. The van der Waals surface area contributed by atoms with E-state index < -0.39 is 0 Å². The third-order valence-corrected chi connectivity index (χ3v) is 9.42. The molecule has 198 valence electrons. The second kappa shape index (κ2) is 9.10. The van der Waals surface area contributed by atoms with Gasteiger partial charge in [-0.25, -0.2) is 0 Å². The summed E-state index contributed by atoms with van der Waals surface area (Å²) >= 11 is 1.84. The molecule has 9 rings (SSSR count). The van der Waals surface area contributed by atoms with Gasteiger partial charge in [0.15, 0.2) is 0 Å². The number of furan rings is 1. The van der Waals surface area contributed by atoms with Gasteiger partial charge < -0.3 is 9.73 Å². The highest BCUT2D eigenvalue weighted by molar-refractivity contribution is 7.26. The molecule has 0 bridgehead atoms. The van der Waals surface area contributed by atoms with Gasteiger partial charge in [0.25, 0.3) is 0 Å². The van der Waals surface area contributed by atoms with Crippen molar-refractivity contribution in [2.45, 2.75) is 0 Å². The van der Waals surface area contributed by atoms with E-state index in [1.165, 1.54) is 36.7 Å². The van der Waals surface area contributed by atoms with Crippen molar-refractivity contribution in [2.24, 2.45) is 0 Å². The summed E-state index contributed by atoms with van der Waals surface area (Å²) in [5.74, 6) is 0. The second-order valence-corrected chi connectivity index (χ2v) is 11.7. The smallest absolute Gasteiger partial charge is 0.213 e. The molecule has 0 amide bonds. The summed E-state index contributed by atoms with van der Waals surface area (Å²) < 4.78 is 11.3. The Labute approximate surface area is 245 Å². The lowest BCUT2D eigenvalue weighted by Gasteiger charge is -2.10. The number of hydrogen-bond donors (Lipinski definition) is 1. The van der Waals surface area contributed by atoms with E-state index in [9.17, 15) is 0 Å². The normalized spacial score (nSPS) is 11.8. The molecule has 0 fully saturated rings. The highest BCUT2D eigenvalue weighted by Gasteiger charge is 2.19. The number of rotatable bonds is 4. The molecule has 0 saturated carbocycles. The predicted molar refractivity (Wildman–Crippen MR) is 179 cm³/mol. The highest BCUT2D eigenvalue weighted by Crippen LogP contribution is 2.41. The molecule has 3 heterocycles. The first-order chi connectivity index (χ1) is 20.8. The molecule has 1 N–H and O–H groups in total. The zero-order valence-corrected chi connectivity index (χ0v) is 23.4. The van der Waals surface area contributed by atoms with Gasteiger partial charge in [-0.3, -0.25) is 4.57 Å². The van der Waals surface area contributed by atoms with Gasteiger partial charge in [-0.1, -0.05) is 91.0 Å². The quantitative estimate of drug-likeness (QED) is 0.234. The zero-order valence-electron chi connectivity index (χ0n) is 22.5. The predicted octanol–water partition coefficient (Wildman–Crippen LogP) is 11.3. The van der Waals surface area contributed by atoms with Crippen LogP contribution in [0.2, 0.25) is 0 Å². The van der Waals surface area contributed by atoms with Gasteiger partial charge in [0.05, 0.1) is 21.3 Å². The molecular weight excluding hydrogens is 532 g/mol. The van der Waals surface area contributed by atoms with Gasteiger partial charge >= 0.3 is 0 Å². The van der Waals surface area contributed by atoms with Crippen molar-refractivity contribution in [2.75, 3.05) is 5.32 Å². The van der Waals surface area contributed by atoms with E-state index in [1.807, 2.05) is 29.5 Å². The molecule has 3 aromatic heterocycles. The molecular formula is C38H24N2OS. The van der Waals surface area contributed by atoms with E-state index >= 15 is 0 Å². The topological polar surface area (TPSA) is 30.1 Å². The lowest BCUT2D eigenvalue weighted by atomic mass is 10.0. The van der Waals surface area contributed by atoms with E-state index in [-0.39, 0.29) is 0 Å². The van der Waals surface area contributed by atoms with Gasteiger partial charge in [-0.15, -0.1) is 11.3 Å². The van der Waals surface area contributed by atoms with Gasteiger partial charge in [0, 0.05) is 37.6 Å². The van der Waals surface area contributed by atoms with Crippen molar-refractivity contribution in [3.63, 3.8) is 0 Å². The lowest BCUT2D eigenvalue weighted by molar-refractivity contribution is 0.645. The maximum Gasteiger partial charge on any atom is 0.213 e. The standard InChI is InChI=1S/C38H24N2OS/c1-2-9-27(10-3-1)40-33-23-25(19-22-30(33)36-31-12-4-6-15-34(31)41-38(36)40)24-17-20-26(21-18-24)39-32-14-8-13-29-28-11-5-7-16-35(28)42-37(29)32/h1-23,39H. The fourth-order valence-corrected chi connectivity index (χ4v) is 7.42. The Bertz CT molecular complexity index is 2430. The van der Waals surface area contributed by atoms with Crippen LogP contribution in [-0.4, -0.2) is 4.57 Å². The Morgan fingerprint density at radius 3 is 2.19 bits per heavy atom. The summed E-state index contributed by atoms with van der Waals surface area (Å²) in [6.45, 7) is 0. The summed E-state index contributed by atoms with van der Waals surface area (Å²) in [6, 6.07) is 49.4. The number of nitrogens with zero attached hydrogens (tertiary/aromatic N) is 1. The van der Waals surface area contributed by atoms with Crippen molar-refractivity contribution in [3.8, 4) is 16.8 Å². The van der Waals surface area contributed by atoms with Crippen LogP contribution >= 0.6 is 11.3 Å². The molecule has 4 heteroatoms. The van der Waals surface area contributed by atoms with Crippen LogP contribution in [0.15, 0.2) is 144 Å². The van der Waals surface area contributed by atoms with Crippen LogP contribution in [0.25, 0.3) is 70.0 Å². The molecule has 6 aromatic carbocycles. The Balaban J connectivity index is 1.13. The Morgan fingerprint density at radius 2 is 1.31 bits per heavy atom. The first kappa shape index (κ1) is 23.4. The van der Waals surface area contributed by atoms with E-state index in [4.69, 9.17) is 4.42 Å². The molecule has 3 nitrogen and oxygen atoms in total. The number of thiophene rings is 1. The van der Waals surface area contributed by atoms with E-state index in [1.54, 1.807) is 0 Å². The first-order valence-corrected chi connectivity index (χ1v) is 14.9. The minimum absolute atomic E-state index is 0.879. The summed E-state index contributed by atoms with van der Waals surface area (Å²) in [5, 5.41) is 9.77. The summed E-state index contributed by atoms with van der Waals surface area (Å²) in [6.07, 6.45) is 0. The van der Waals surface area contributed by atoms with Crippen molar-refractivity contribution in [3.05, 3.63) is 140 Å². The van der Waals surface area contributed by atoms with Gasteiger partial charge in [0.2, 0.25) is 5.71 Å². The SMILES string of the molecule is c1ccc(-n2c3cc(-c4ccc(Nc5cccc6c5sc5ccccc56)cc4)ccc3c3c4ccccc4oc32)cc1. The fourth-order valence-electron chi connectivity index (χ4n) is 6.25. The third kappa shape index (κ3) is 3.52. The molecule has 0 aliphatic carbocycles. The summed E-state index contributed by atoms with van der Waals surface area (Å²) in [5.41, 5.74) is 8.56. The fraction of sp³-hybridized carbons (Fsp3) is 0. The number of para-hydroxylation sites is 2. The second-order valence-electron chi connectivity index (χ2n) is 10.7. The molecule has 0 radical (unpaired) electrons. The molecule has 0 aliphatic heterocycles. The Kier molecular flexibility index (Phi) is 5.07. The molecule has 42 heavy (non-hydrogen) atoms. The lowest BCUT2D eigenvalue weighted by Crippen LogP contribution is -1.93. The molecule has 0 saturated heterocycles. The number of fused-ring (bicyclic) bond motifs is 8. The van der Waals surface area contributed by atoms with Crippen LogP contribution in [0.1, 0.15) is 0 Å². The number of aromatic nitrogens is 1. The summed E-state index contributed by atoms with van der Waals surface area (Å²) in [7, 11) is 0. The number of anilines is 2. The van der Waals surface area contributed by atoms with Crippen molar-refractivity contribution < 1.29 is 4.42 Å². The minimum Gasteiger partial charge on any atom is -0.439 e. The van der Waals surface area contributed by atoms with Crippen molar-refractivity contribution in [1.82, 2.24) is 4.57 Å². The van der Waals surface area contributed by atoms with Gasteiger partial charge in [-0.05, 0) is 59.7 Å². The van der Waals surface area contributed by atoms with Crippen molar-refractivity contribution >= 4 is 75.9 Å². The van der Waals surface area contributed by atoms with Crippen LogP contribution in [0, 0.1) is 0 Å².